The number of hydrogen-bond acceptors (Lipinski definition) is 5. The van der Waals surface area contributed by atoms with Crippen LogP contribution in [0.15, 0.2) is 35.8 Å². The zero-order chi connectivity index (χ0) is 20.4. The molecule has 1 saturated heterocycles. The third kappa shape index (κ3) is 6.94. The Kier molecular flexibility index (Phi) is 8.12. The van der Waals surface area contributed by atoms with Crippen LogP contribution in [0.1, 0.15) is 40.8 Å². The van der Waals surface area contributed by atoms with Gasteiger partial charge in [-0.1, -0.05) is 24.3 Å². The number of rotatable bonds is 6. The molecule has 0 N–H and O–H groups in total. The van der Waals surface area contributed by atoms with E-state index in [1.807, 2.05) is 11.6 Å². The highest BCUT2D eigenvalue weighted by atomic mass is 35.5. The highest BCUT2D eigenvalue weighted by Gasteiger charge is 2.42. The van der Waals surface area contributed by atoms with Gasteiger partial charge in [0, 0.05) is 36.8 Å². The van der Waals surface area contributed by atoms with Crippen molar-refractivity contribution >= 4 is 33.6 Å². The van der Waals surface area contributed by atoms with E-state index in [9.17, 15) is 21.6 Å². The van der Waals surface area contributed by atoms with Crippen LogP contribution in [0.5, 0.6) is 0 Å². The number of aromatic nitrogens is 1. The lowest BCUT2D eigenvalue weighted by molar-refractivity contribution is -0.145. The van der Waals surface area contributed by atoms with Crippen molar-refractivity contribution < 1.29 is 21.6 Å². The zero-order valence-corrected chi connectivity index (χ0v) is 18.4. The molecule has 1 fully saturated rings. The molecule has 0 radical (unpaired) electrons. The Morgan fingerprint density at radius 1 is 1.28 bits per heavy atom. The van der Waals surface area contributed by atoms with Crippen LogP contribution in [0.4, 0.5) is 13.2 Å². The lowest BCUT2D eigenvalue weighted by Gasteiger charge is -2.31. The molecule has 1 aromatic heterocycles. The van der Waals surface area contributed by atoms with Crippen molar-refractivity contribution in [1.29, 1.82) is 0 Å². The molecule has 0 saturated carbocycles. The van der Waals surface area contributed by atoms with Gasteiger partial charge in [0.1, 0.15) is 9.84 Å². The van der Waals surface area contributed by atoms with Crippen molar-refractivity contribution in [3.8, 4) is 0 Å². The molecule has 2 atom stereocenters. The van der Waals surface area contributed by atoms with Gasteiger partial charge in [0.05, 0.1) is 16.7 Å². The summed E-state index contributed by atoms with van der Waals surface area (Å²) in [5, 5.41) is 3.11. The van der Waals surface area contributed by atoms with Gasteiger partial charge >= 0.3 is 6.18 Å². The Bertz CT molecular complexity index is 872. The first kappa shape index (κ1) is 24.1. The van der Waals surface area contributed by atoms with Crippen LogP contribution in [-0.4, -0.2) is 49.6 Å². The molecule has 1 aliphatic heterocycles. The number of hydrogen-bond donors (Lipinski definition) is 0. The molecular weight excluding hydrogens is 445 g/mol. The number of piperidine rings is 1. The summed E-state index contributed by atoms with van der Waals surface area (Å²) < 4.78 is 62.7. The molecule has 0 aliphatic carbocycles. The molecule has 2 aromatic rings. The molecule has 2 heterocycles. The maximum Gasteiger partial charge on any atom is 0.396 e. The van der Waals surface area contributed by atoms with E-state index in [1.54, 1.807) is 23.5 Å². The molecule has 0 spiro atoms. The van der Waals surface area contributed by atoms with Gasteiger partial charge in [0.25, 0.3) is 0 Å². The number of likely N-dealkylation sites (tertiary alicyclic amines) is 1. The van der Waals surface area contributed by atoms with Crippen LogP contribution in [0.25, 0.3) is 0 Å². The molecule has 1 aliphatic rings. The fourth-order valence-electron chi connectivity index (χ4n) is 3.63. The van der Waals surface area contributed by atoms with E-state index in [4.69, 9.17) is 0 Å². The summed E-state index contributed by atoms with van der Waals surface area (Å²) in [7, 11) is -3.75. The van der Waals surface area contributed by atoms with Gasteiger partial charge in [-0.15, -0.1) is 23.7 Å². The summed E-state index contributed by atoms with van der Waals surface area (Å²) in [5.74, 6) is -2.53. The monoisotopic (exact) mass is 468 g/mol. The SMILES string of the molecule is CS(=O)(=O)C[C@@H](c1ccc(CN2CCCC(c3nccs3)C2)cc1)C(F)(F)F.Cl. The standard InChI is InChI=1S/C19H23F3N2O2S2.ClH/c1-28(25,26)13-17(19(20,21)22)15-6-4-14(5-7-15)11-24-9-2-3-16(12-24)18-23-8-10-27-18;/h4-8,10,16-17H,2-3,9,11-13H2,1H3;1H/t16?,17-;/m0./s1. The quantitative estimate of drug-likeness (QED) is 0.620. The third-order valence-corrected chi connectivity index (χ3v) is 6.84. The van der Waals surface area contributed by atoms with E-state index in [0.29, 0.717) is 12.5 Å². The molecule has 1 unspecified atom stereocenters. The minimum Gasteiger partial charge on any atom is -0.298 e. The molecule has 29 heavy (non-hydrogen) atoms. The van der Waals surface area contributed by atoms with Gasteiger partial charge in [-0.3, -0.25) is 4.90 Å². The topological polar surface area (TPSA) is 50.3 Å². The largest absolute Gasteiger partial charge is 0.396 e. The zero-order valence-electron chi connectivity index (χ0n) is 15.9. The Balaban J connectivity index is 0.00000300. The minimum atomic E-state index is -4.60. The van der Waals surface area contributed by atoms with E-state index >= 15 is 0 Å². The lowest BCUT2D eigenvalue weighted by atomic mass is 9.97. The number of benzene rings is 1. The van der Waals surface area contributed by atoms with Crippen molar-refractivity contribution in [2.75, 3.05) is 25.1 Å². The smallest absolute Gasteiger partial charge is 0.298 e. The van der Waals surface area contributed by atoms with Crippen molar-refractivity contribution in [3.63, 3.8) is 0 Å². The Labute approximate surface area is 179 Å². The maximum atomic E-state index is 13.3. The second-order valence-corrected chi connectivity index (χ2v) is 10.5. The van der Waals surface area contributed by atoms with Crippen molar-refractivity contribution in [2.24, 2.45) is 0 Å². The van der Waals surface area contributed by atoms with Crippen molar-refractivity contribution in [3.05, 3.63) is 52.0 Å². The average molecular weight is 469 g/mol. The van der Waals surface area contributed by atoms with Crippen molar-refractivity contribution in [1.82, 2.24) is 9.88 Å². The van der Waals surface area contributed by atoms with E-state index in [-0.39, 0.29) is 18.0 Å². The summed E-state index contributed by atoms with van der Waals surface area (Å²) in [5.41, 5.74) is 0.907. The summed E-state index contributed by atoms with van der Waals surface area (Å²) >= 11 is 1.66. The molecule has 1 aromatic carbocycles. The van der Waals surface area contributed by atoms with E-state index in [2.05, 4.69) is 9.88 Å². The van der Waals surface area contributed by atoms with Crippen LogP contribution in [0, 0.1) is 0 Å². The second kappa shape index (κ2) is 9.76. The first-order valence-electron chi connectivity index (χ1n) is 9.07. The van der Waals surface area contributed by atoms with Gasteiger partial charge in [0.2, 0.25) is 0 Å². The van der Waals surface area contributed by atoms with Crippen LogP contribution in [-0.2, 0) is 16.4 Å². The Hall–Kier alpha value is -1.16. The predicted molar refractivity (Wildman–Crippen MR) is 112 cm³/mol. The Morgan fingerprint density at radius 2 is 1.97 bits per heavy atom. The summed E-state index contributed by atoms with van der Waals surface area (Å²) in [6.07, 6.45) is 0.202. The first-order chi connectivity index (χ1) is 13.1. The molecule has 10 heteroatoms. The predicted octanol–water partition coefficient (Wildman–Crippen LogP) is 4.64. The normalized spacial score (nSPS) is 19.5. The molecule has 4 nitrogen and oxygen atoms in total. The molecular formula is C19H24ClF3N2O2S2. The maximum absolute atomic E-state index is 13.3. The summed E-state index contributed by atoms with van der Waals surface area (Å²) in [6.45, 7) is 2.49. The second-order valence-electron chi connectivity index (χ2n) is 7.37. The van der Waals surface area contributed by atoms with Crippen LogP contribution < -0.4 is 0 Å². The molecule has 162 valence electrons. The summed E-state index contributed by atoms with van der Waals surface area (Å²) in [6, 6.07) is 6.15. The van der Waals surface area contributed by atoms with E-state index in [1.165, 1.54) is 12.1 Å². The third-order valence-electron chi connectivity index (χ3n) is 4.96. The molecule has 3 rings (SSSR count). The van der Waals surface area contributed by atoms with E-state index < -0.39 is 27.7 Å². The number of thiazole rings is 1. The van der Waals surface area contributed by atoms with Gasteiger partial charge < -0.3 is 0 Å². The summed E-state index contributed by atoms with van der Waals surface area (Å²) in [4.78, 5) is 6.69. The van der Waals surface area contributed by atoms with E-state index in [0.717, 1.165) is 42.8 Å². The Morgan fingerprint density at radius 3 is 2.52 bits per heavy atom. The van der Waals surface area contributed by atoms with Gasteiger partial charge in [0.15, 0.2) is 0 Å². The van der Waals surface area contributed by atoms with Gasteiger partial charge in [-0.2, -0.15) is 13.2 Å². The van der Waals surface area contributed by atoms with Crippen LogP contribution in [0.3, 0.4) is 0 Å². The first-order valence-corrected chi connectivity index (χ1v) is 12.0. The van der Waals surface area contributed by atoms with Gasteiger partial charge in [-0.05, 0) is 30.5 Å². The van der Waals surface area contributed by atoms with Crippen molar-refractivity contribution in [2.45, 2.75) is 37.4 Å². The van der Waals surface area contributed by atoms with Crippen LogP contribution >= 0.6 is 23.7 Å². The average Bonchev–Trinajstić information content (AvgIpc) is 3.14. The lowest BCUT2D eigenvalue weighted by Crippen LogP contribution is -2.33. The fourth-order valence-corrected chi connectivity index (χ4v) is 5.39. The van der Waals surface area contributed by atoms with Crippen LogP contribution in [0.2, 0.25) is 0 Å². The number of halogens is 4. The fraction of sp³-hybridized carbons (Fsp3) is 0.526. The highest BCUT2D eigenvalue weighted by molar-refractivity contribution is 7.90. The number of alkyl halides is 3. The number of nitrogens with zero attached hydrogens (tertiary/aromatic N) is 2. The minimum absolute atomic E-state index is 0. The highest BCUT2D eigenvalue weighted by Crippen LogP contribution is 2.36. The number of sulfone groups is 1. The molecule has 0 bridgehead atoms. The molecule has 0 amide bonds. The van der Waals surface area contributed by atoms with Gasteiger partial charge in [-0.25, -0.2) is 13.4 Å².